The molecule has 3 aromatic rings. The molecule has 0 aromatic carbocycles. The Labute approximate surface area is 132 Å². The third kappa shape index (κ3) is 2.24. The van der Waals surface area contributed by atoms with E-state index in [0.717, 1.165) is 40.0 Å². The van der Waals surface area contributed by atoms with E-state index in [1.807, 2.05) is 30.6 Å². The molecule has 1 aliphatic carbocycles. The molecule has 0 saturated heterocycles. The summed E-state index contributed by atoms with van der Waals surface area (Å²) in [7, 11) is 0. The smallest absolute Gasteiger partial charge is 0.141 e. The fraction of sp³-hybridized carbons (Fsp3) is 0.0588. The van der Waals surface area contributed by atoms with E-state index in [1.54, 1.807) is 10.9 Å². The van der Waals surface area contributed by atoms with Gasteiger partial charge in [0.25, 0.3) is 0 Å². The second-order valence-electron chi connectivity index (χ2n) is 5.12. The summed E-state index contributed by atoms with van der Waals surface area (Å²) < 4.78 is 1.72. The first-order chi connectivity index (χ1) is 11.4. The van der Waals surface area contributed by atoms with E-state index >= 15 is 0 Å². The van der Waals surface area contributed by atoms with Crippen LogP contribution in [0.2, 0.25) is 0 Å². The molecule has 0 atom stereocenters. The summed E-state index contributed by atoms with van der Waals surface area (Å²) in [5.74, 6) is 0. The molecular formula is C17H12N6. The van der Waals surface area contributed by atoms with Crippen LogP contribution in [0.3, 0.4) is 0 Å². The molecule has 4 rings (SSSR count). The van der Waals surface area contributed by atoms with E-state index in [-0.39, 0.29) is 0 Å². The van der Waals surface area contributed by atoms with Crippen LogP contribution in [0.4, 0.5) is 0 Å². The Morgan fingerprint density at radius 3 is 3.17 bits per heavy atom. The summed E-state index contributed by atoms with van der Waals surface area (Å²) >= 11 is 0. The largest absolute Gasteiger partial charge is 0.346 e. The van der Waals surface area contributed by atoms with Crippen LogP contribution >= 0.6 is 0 Å². The van der Waals surface area contributed by atoms with Crippen LogP contribution < -0.4 is 0 Å². The minimum absolute atomic E-state index is 0.781. The van der Waals surface area contributed by atoms with Crippen molar-refractivity contribution in [2.75, 3.05) is 0 Å². The highest BCUT2D eigenvalue weighted by Gasteiger charge is 2.13. The molecule has 0 radical (unpaired) electrons. The normalized spacial score (nSPS) is 14.2. The highest BCUT2D eigenvalue weighted by atomic mass is 15.3. The van der Waals surface area contributed by atoms with Crippen molar-refractivity contribution in [1.29, 1.82) is 5.26 Å². The van der Waals surface area contributed by atoms with Gasteiger partial charge in [-0.3, -0.25) is 0 Å². The third-order valence-corrected chi connectivity index (χ3v) is 3.76. The first-order valence-electron chi connectivity index (χ1n) is 7.16. The molecule has 23 heavy (non-hydrogen) atoms. The van der Waals surface area contributed by atoms with Gasteiger partial charge in [-0.2, -0.15) is 10.4 Å². The molecule has 1 aliphatic rings. The number of aromatic nitrogens is 5. The Hall–Kier alpha value is -3.46. The molecule has 3 aromatic heterocycles. The van der Waals surface area contributed by atoms with Gasteiger partial charge in [0.1, 0.15) is 12.0 Å². The average Bonchev–Trinajstić information content (AvgIpc) is 3.32. The van der Waals surface area contributed by atoms with Crippen LogP contribution in [0.15, 0.2) is 60.9 Å². The van der Waals surface area contributed by atoms with Gasteiger partial charge < -0.3 is 4.98 Å². The van der Waals surface area contributed by atoms with Crippen LogP contribution in [0.25, 0.3) is 28.0 Å². The van der Waals surface area contributed by atoms with E-state index in [0.29, 0.717) is 0 Å². The van der Waals surface area contributed by atoms with Crippen molar-refractivity contribution in [3.63, 3.8) is 0 Å². The number of nitrogens with zero attached hydrogens (tertiary/aromatic N) is 5. The Balaban J connectivity index is 1.78. The summed E-state index contributed by atoms with van der Waals surface area (Å²) in [6.07, 6.45) is 15.4. The van der Waals surface area contributed by atoms with Crippen LogP contribution in [0.1, 0.15) is 6.42 Å². The maximum Gasteiger partial charge on any atom is 0.141 e. The van der Waals surface area contributed by atoms with Crippen LogP contribution in [-0.2, 0) is 0 Å². The summed E-state index contributed by atoms with van der Waals surface area (Å²) in [5, 5.41) is 14.4. The zero-order valence-electron chi connectivity index (χ0n) is 12.1. The molecule has 6 heteroatoms. The van der Waals surface area contributed by atoms with Crippen molar-refractivity contribution in [3.05, 3.63) is 60.9 Å². The Morgan fingerprint density at radius 2 is 2.35 bits per heavy atom. The van der Waals surface area contributed by atoms with Crippen molar-refractivity contribution in [3.8, 4) is 17.3 Å². The van der Waals surface area contributed by atoms with Crippen LogP contribution in [0.5, 0.6) is 0 Å². The quantitative estimate of drug-likeness (QED) is 0.753. The summed E-state index contributed by atoms with van der Waals surface area (Å²) in [4.78, 5) is 11.6. The lowest BCUT2D eigenvalue weighted by Gasteiger charge is -2.07. The van der Waals surface area contributed by atoms with Gasteiger partial charge >= 0.3 is 0 Å². The maximum atomic E-state index is 9.06. The molecule has 3 heterocycles. The Kier molecular flexibility index (Phi) is 3.10. The van der Waals surface area contributed by atoms with Crippen LogP contribution in [0, 0.1) is 11.3 Å². The monoisotopic (exact) mass is 300 g/mol. The number of hydrogen-bond acceptors (Lipinski definition) is 4. The number of hydrogen-bond donors (Lipinski definition) is 1. The van der Waals surface area contributed by atoms with Crippen molar-refractivity contribution >= 4 is 16.7 Å². The molecule has 110 valence electrons. The number of allylic oxidation sites excluding steroid dienone is 6. The lowest BCUT2D eigenvalue weighted by Crippen LogP contribution is -1.99. The molecule has 0 spiro atoms. The van der Waals surface area contributed by atoms with Gasteiger partial charge in [0.15, 0.2) is 0 Å². The van der Waals surface area contributed by atoms with E-state index in [1.165, 1.54) is 12.4 Å². The molecule has 0 unspecified atom stereocenters. The second-order valence-corrected chi connectivity index (χ2v) is 5.12. The topological polar surface area (TPSA) is 83.2 Å². The van der Waals surface area contributed by atoms with Crippen molar-refractivity contribution < 1.29 is 0 Å². The first kappa shape index (κ1) is 13.2. The van der Waals surface area contributed by atoms with Gasteiger partial charge in [-0.05, 0) is 18.1 Å². The average molecular weight is 300 g/mol. The number of nitrogens with one attached hydrogen (secondary N) is 1. The third-order valence-electron chi connectivity index (χ3n) is 3.76. The summed E-state index contributed by atoms with van der Waals surface area (Å²) in [6, 6.07) is 4.04. The number of fused-ring (bicyclic) bond motifs is 1. The molecule has 0 aliphatic heterocycles. The summed E-state index contributed by atoms with van der Waals surface area (Å²) in [5.41, 5.74) is 4.33. The predicted octanol–water partition coefficient (Wildman–Crippen LogP) is 3.07. The SMILES string of the molecule is N#C/C=C(\C1=CC=CC1)n1cc(-c2ncnc3[nH]ccc23)cn1. The lowest BCUT2D eigenvalue weighted by atomic mass is 10.1. The van der Waals surface area contributed by atoms with Crippen molar-refractivity contribution in [2.24, 2.45) is 0 Å². The minimum atomic E-state index is 0.781. The van der Waals surface area contributed by atoms with Gasteiger partial charge in [0, 0.05) is 29.4 Å². The Bertz CT molecular complexity index is 1010. The molecule has 1 N–H and O–H groups in total. The number of nitriles is 1. The standard InChI is InChI=1S/C17H12N6/c18-7-5-15(12-3-1-2-4-12)23-10-13(9-22-23)16-14-6-8-19-17(14)21-11-20-16/h1-3,5-6,8-11H,4H2,(H,19,20,21)/b15-5+. The highest BCUT2D eigenvalue weighted by Crippen LogP contribution is 2.28. The zero-order chi connectivity index (χ0) is 15.6. The fourth-order valence-electron chi connectivity index (χ4n) is 2.68. The molecular weight excluding hydrogens is 288 g/mol. The van der Waals surface area contributed by atoms with Crippen molar-refractivity contribution in [2.45, 2.75) is 6.42 Å². The number of H-pyrrole nitrogens is 1. The number of rotatable bonds is 3. The van der Waals surface area contributed by atoms with Gasteiger partial charge in [-0.15, -0.1) is 0 Å². The van der Waals surface area contributed by atoms with Gasteiger partial charge in [0.2, 0.25) is 0 Å². The van der Waals surface area contributed by atoms with E-state index < -0.39 is 0 Å². The molecule has 0 bridgehead atoms. The van der Waals surface area contributed by atoms with Crippen LogP contribution in [-0.4, -0.2) is 24.7 Å². The fourth-order valence-corrected chi connectivity index (χ4v) is 2.68. The lowest BCUT2D eigenvalue weighted by molar-refractivity contribution is 0.896. The number of aromatic amines is 1. The molecule has 0 fully saturated rings. The molecule has 0 amide bonds. The van der Waals surface area contributed by atoms with E-state index in [4.69, 9.17) is 5.26 Å². The minimum Gasteiger partial charge on any atom is -0.346 e. The predicted molar refractivity (Wildman–Crippen MR) is 86.8 cm³/mol. The highest BCUT2D eigenvalue weighted by molar-refractivity contribution is 5.90. The van der Waals surface area contributed by atoms with Gasteiger partial charge in [0.05, 0.1) is 23.7 Å². The summed E-state index contributed by atoms with van der Waals surface area (Å²) in [6.45, 7) is 0. The van der Waals surface area contributed by atoms with E-state index in [9.17, 15) is 0 Å². The van der Waals surface area contributed by atoms with E-state index in [2.05, 4.69) is 32.2 Å². The molecule has 0 saturated carbocycles. The second kappa shape index (κ2) is 5.39. The maximum absolute atomic E-state index is 9.06. The first-order valence-corrected chi connectivity index (χ1v) is 7.16. The van der Waals surface area contributed by atoms with Gasteiger partial charge in [-0.1, -0.05) is 18.2 Å². The van der Waals surface area contributed by atoms with Crippen molar-refractivity contribution in [1.82, 2.24) is 24.7 Å². The Morgan fingerprint density at radius 1 is 1.39 bits per heavy atom. The van der Waals surface area contributed by atoms with Gasteiger partial charge in [-0.25, -0.2) is 14.6 Å². The zero-order valence-corrected chi connectivity index (χ0v) is 12.1. The molecule has 6 nitrogen and oxygen atoms in total.